The van der Waals surface area contributed by atoms with Crippen molar-refractivity contribution in [1.29, 1.82) is 0 Å². The largest absolute Gasteiger partial charge is 0.395 e. The highest BCUT2D eigenvalue weighted by atomic mass is 16.5. The maximum absolute atomic E-state index is 9.49. The number of nitrogens with zero attached hydrogens (tertiary/aromatic N) is 3. The molecule has 1 N–H and O–H groups in total. The van der Waals surface area contributed by atoms with Gasteiger partial charge in [-0.2, -0.15) is 0 Å². The van der Waals surface area contributed by atoms with Crippen molar-refractivity contribution in [2.75, 3.05) is 20.3 Å². The van der Waals surface area contributed by atoms with E-state index >= 15 is 0 Å². The predicted octanol–water partition coefficient (Wildman–Crippen LogP) is 1.45. The molecule has 0 amide bonds. The number of imidazole rings is 1. The number of likely N-dealkylation sites (tertiary alicyclic amines) is 1. The van der Waals surface area contributed by atoms with Crippen LogP contribution in [0.25, 0.3) is 5.69 Å². The Morgan fingerprint density at radius 3 is 2.76 bits per heavy atom. The summed E-state index contributed by atoms with van der Waals surface area (Å²) in [5.74, 6) is 0. The maximum Gasteiger partial charge on any atom is 0.0991 e. The fourth-order valence-electron chi connectivity index (χ4n) is 2.91. The molecule has 0 spiro atoms. The first kappa shape index (κ1) is 14.3. The Kier molecular flexibility index (Phi) is 4.34. The average Bonchev–Trinajstić information content (AvgIpc) is 3.17. The van der Waals surface area contributed by atoms with Crippen LogP contribution in [0.2, 0.25) is 0 Å². The maximum atomic E-state index is 9.49. The molecule has 1 aliphatic rings. The van der Waals surface area contributed by atoms with Crippen LogP contribution in [0.5, 0.6) is 0 Å². The first-order valence-corrected chi connectivity index (χ1v) is 7.25. The second-order valence-corrected chi connectivity index (χ2v) is 5.50. The van der Waals surface area contributed by atoms with Gasteiger partial charge in [-0.25, -0.2) is 4.98 Å². The molecule has 1 saturated heterocycles. The molecule has 21 heavy (non-hydrogen) atoms. The van der Waals surface area contributed by atoms with Crippen LogP contribution in [0.1, 0.15) is 12.0 Å². The van der Waals surface area contributed by atoms with E-state index in [1.807, 2.05) is 10.8 Å². The van der Waals surface area contributed by atoms with Crippen molar-refractivity contribution in [2.24, 2.45) is 0 Å². The number of hydrogen-bond acceptors (Lipinski definition) is 4. The number of benzene rings is 1. The highest BCUT2D eigenvalue weighted by molar-refractivity contribution is 5.34. The molecule has 2 heterocycles. The highest BCUT2D eigenvalue weighted by Crippen LogP contribution is 2.22. The van der Waals surface area contributed by atoms with Gasteiger partial charge in [-0.05, 0) is 24.1 Å². The molecule has 0 unspecified atom stereocenters. The minimum atomic E-state index is 0.187. The first-order valence-electron chi connectivity index (χ1n) is 7.25. The van der Waals surface area contributed by atoms with Gasteiger partial charge in [-0.1, -0.05) is 12.1 Å². The minimum absolute atomic E-state index is 0.187. The normalized spacial score (nSPS) is 22.8. The Bertz CT molecular complexity index is 553. The number of rotatable bonds is 5. The number of ether oxygens (including phenoxy) is 1. The fraction of sp³-hybridized carbons (Fsp3) is 0.438. The number of aliphatic hydroxyl groups excluding tert-OH is 1. The van der Waals surface area contributed by atoms with E-state index in [0.717, 1.165) is 25.2 Å². The molecule has 2 aromatic rings. The zero-order chi connectivity index (χ0) is 14.7. The van der Waals surface area contributed by atoms with Gasteiger partial charge >= 0.3 is 0 Å². The smallest absolute Gasteiger partial charge is 0.0991 e. The van der Waals surface area contributed by atoms with Crippen molar-refractivity contribution >= 4 is 0 Å². The van der Waals surface area contributed by atoms with Crippen molar-refractivity contribution in [3.8, 4) is 5.69 Å². The van der Waals surface area contributed by atoms with E-state index in [4.69, 9.17) is 4.74 Å². The fourth-order valence-corrected chi connectivity index (χ4v) is 2.91. The number of methoxy groups -OCH3 is 1. The van der Waals surface area contributed by atoms with Crippen LogP contribution in [-0.2, 0) is 11.3 Å². The quantitative estimate of drug-likeness (QED) is 0.904. The molecule has 5 heteroatoms. The van der Waals surface area contributed by atoms with E-state index in [1.54, 1.807) is 19.6 Å². The monoisotopic (exact) mass is 287 g/mol. The summed E-state index contributed by atoms with van der Waals surface area (Å²) in [7, 11) is 1.74. The molecule has 2 atom stereocenters. The Labute approximate surface area is 124 Å². The topological polar surface area (TPSA) is 50.5 Å². The van der Waals surface area contributed by atoms with Gasteiger partial charge < -0.3 is 14.4 Å². The van der Waals surface area contributed by atoms with Crippen LogP contribution >= 0.6 is 0 Å². The third-order valence-corrected chi connectivity index (χ3v) is 4.16. The molecule has 5 nitrogen and oxygen atoms in total. The van der Waals surface area contributed by atoms with Crippen LogP contribution in [0.3, 0.4) is 0 Å². The van der Waals surface area contributed by atoms with Crippen LogP contribution in [-0.4, -0.2) is 52.0 Å². The van der Waals surface area contributed by atoms with Gasteiger partial charge in [0.05, 0.1) is 19.0 Å². The van der Waals surface area contributed by atoms with Gasteiger partial charge in [0.2, 0.25) is 0 Å². The van der Waals surface area contributed by atoms with Crippen LogP contribution < -0.4 is 0 Å². The molecule has 1 aromatic heterocycles. The molecule has 0 aliphatic carbocycles. The van der Waals surface area contributed by atoms with Gasteiger partial charge in [-0.15, -0.1) is 0 Å². The summed E-state index contributed by atoms with van der Waals surface area (Å²) in [5, 5.41) is 9.49. The SMILES string of the molecule is CO[C@H]1C[C@@H](CO)N(Cc2ccc(-n3ccnc3)cc2)C1. The molecule has 3 rings (SSSR count). The highest BCUT2D eigenvalue weighted by Gasteiger charge is 2.31. The second kappa shape index (κ2) is 6.39. The Morgan fingerprint density at radius 1 is 1.33 bits per heavy atom. The van der Waals surface area contributed by atoms with Crippen LogP contribution in [0, 0.1) is 0 Å². The lowest BCUT2D eigenvalue weighted by atomic mass is 10.1. The minimum Gasteiger partial charge on any atom is -0.395 e. The third-order valence-electron chi connectivity index (χ3n) is 4.16. The van der Waals surface area contributed by atoms with E-state index in [0.29, 0.717) is 0 Å². The second-order valence-electron chi connectivity index (χ2n) is 5.50. The lowest BCUT2D eigenvalue weighted by molar-refractivity contribution is 0.107. The Morgan fingerprint density at radius 2 is 2.14 bits per heavy atom. The van der Waals surface area contributed by atoms with E-state index < -0.39 is 0 Å². The van der Waals surface area contributed by atoms with E-state index in [1.165, 1.54) is 5.56 Å². The van der Waals surface area contributed by atoms with Crippen LogP contribution in [0.15, 0.2) is 43.0 Å². The average molecular weight is 287 g/mol. The molecular formula is C16H21N3O2. The van der Waals surface area contributed by atoms with Crippen molar-refractivity contribution in [3.05, 3.63) is 48.5 Å². The standard InChI is InChI=1S/C16H21N3O2/c1-21-16-8-15(11-20)19(10-16)9-13-2-4-14(5-3-13)18-7-6-17-12-18/h2-7,12,15-16,20H,8-11H2,1H3/t15-,16-/m0/s1. The summed E-state index contributed by atoms with van der Waals surface area (Å²) in [6.45, 7) is 1.91. The summed E-state index contributed by atoms with van der Waals surface area (Å²) >= 11 is 0. The third kappa shape index (κ3) is 3.15. The predicted molar refractivity (Wildman–Crippen MR) is 80.3 cm³/mol. The molecule has 1 fully saturated rings. The van der Waals surface area contributed by atoms with Crippen molar-refractivity contribution in [1.82, 2.24) is 14.5 Å². The zero-order valence-corrected chi connectivity index (χ0v) is 12.2. The molecule has 1 aromatic carbocycles. The molecule has 112 valence electrons. The number of aromatic nitrogens is 2. The summed E-state index contributed by atoms with van der Waals surface area (Å²) in [6, 6.07) is 8.64. The van der Waals surface area contributed by atoms with Gasteiger partial charge in [0.1, 0.15) is 0 Å². The molecular weight excluding hydrogens is 266 g/mol. The van der Waals surface area contributed by atoms with Gasteiger partial charge in [0.15, 0.2) is 0 Å². The van der Waals surface area contributed by atoms with Crippen molar-refractivity contribution in [3.63, 3.8) is 0 Å². The summed E-state index contributed by atoms with van der Waals surface area (Å²) < 4.78 is 7.40. The summed E-state index contributed by atoms with van der Waals surface area (Å²) in [5.41, 5.74) is 2.35. The molecule has 0 bridgehead atoms. The zero-order valence-electron chi connectivity index (χ0n) is 12.2. The van der Waals surface area contributed by atoms with E-state index in [-0.39, 0.29) is 18.8 Å². The first-order chi connectivity index (χ1) is 10.3. The van der Waals surface area contributed by atoms with E-state index in [9.17, 15) is 5.11 Å². The number of aliphatic hydroxyl groups is 1. The molecule has 1 aliphatic heterocycles. The van der Waals surface area contributed by atoms with Gasteiger partial charge in [0, 0.05) is 44.3 Å². The summed E-state index contributed by atoms with van der Waals surface area (Å²) in [4.78, 5) is 6.35. The van der Waals surface area contributed by atoms with Crippen molar-refractivity contribution in [2.45, 2.75) is 25.1 Å². The number of hydrogen-bond donors (Lipinski definition) is 1. The molecule has 0 radical (unpaired) electrons. The summed E-state index contributed by atoms with van der Waals surface area (Å²) in [6.07, 6.45) is 6.63. The lowest BCUT2D eigenvalue weighted by Crippen LogP contribution is -2.31. The van der Waals surface area contributed by atoms with Crippen molar-refractivity contribution < 1.29 is 9.84 Å². The van der Waals surface area contributed by atoms with Gasteiger partial charge in [-0.3, -0.25) is 4.90 Å². The Hall–Kier alpha value is -1.69. The lowest BCUT2D eigenvalue weighted by Gasteiger charge is -2.22. The van der Waals surface area contributed by atoms with Crippen LogP contribution in [0.4, 0.5) is 0 Å². The molecule has 0 saturated carbocycles. The van der Waals surface area contributed by atoms with Gasteiger partial charge in [0.25, 0.3) is 0 Å². The van der Waals surface area contributed by atoms with E-state index in [2.05, 4.69) is 34.1 Å². The Balaban J connectivity index is 1.67.